The summed E-state index contributed by atoms with van der Waals surface area (Å²) >= 11 is 0. The monoisotopic (exact) mass is 544 g/mol. The maximum Gasteiger partial charge on any atom is 0.302 e. The van der Waals surface area contributed by atoms with E-state index in [-0.39, 0.29) is 12.4 Å². The van der Waals surface area contributed by atoms with Crippen molar-refractivity contribution in [2.45, 2.75) is 43.2 Å². The van der Waals surface area contributed by atoms with Gasteiger partial charge in [0, 0.05) is 18.7 Å². The van der Waals surface area contributed by atoms with E-state index < -0.39 is 35.5 Å². The summed E-state index contributed by atoms with van der Waals surface area (Å²) in [4.78, 5) is 15.9. The predicted octanol–water partition coefficient (Wildman–Crippen LogP) is 5.00. The molecule has 8 nitrogen and oxygen atoms in total. The minimum Gasteiger partial charge on any atom is -0.497 e. The third-order valence-electron chi connectivity index (χ3n) is 7.60. The average molecular weight is 545 g/mol. The van der Waals surface area contributed by atoms with Gasteiger partial charge in [-0.2, -0.15) is 4.98 Å². The Labute approximate surface area is 230 Å². The number of methoxy groups -OCH3 is 2. The highest BCUT2D eigenvalue weighted by atomic mass is 19.2. The van der Waals surface area contributed by atoms with Crippen molar-refractivity contribution in [1.29, 1.82) is 0 Å². The molecule has 0 N–H and O–H groups in total. The summed E-state index contributed by atoms with van der Waals surface area (Å²) in [7, 11) is 3.20. The third-order valence-corrected chi connectivity index (χ3v) is 7.60. The Morgan fingerprint density at radius 1 is 0.900 bits per heavy atom. The van der Waals surface area contributed by atoms with E-state index in [9.17, 15) is 4.79 Å². The first-order valence-corrected chi connectivity index (χ1v) is 13.1. The lowest BCUT2D eigenvalue weighted by atomic mass is 9.79. The van der Waals surface area contributed by atoms with Crippen LogP contribution in [0.2, 0.25) is 0 Å². The molecule has 1 unspecified atom stereocenters. The first-order valence-electron chi connectivity index (χ1n) is 13.1. The van der Waals surface area contributed by atoms with Crippen LogP contribution in [0.5, 0.6) is 17.5 Å². The van der Waals surface area contributed by atoms with E-state index in [0.717, 1.165) is 16.7 Å². The quantitative estimate of drug-likeness (QED) is 0.289. The van der Waals surface area contributed by atoms with Crippen LogP contribution in [-0.4, -0.2) is 41.8 Å². The van der Waals surface area contributed by atoms with Gasteiger partial charge in [0.15, 0.2) is 18.4 Å². The van der Waals surface area contributed by atoms with E-state index in [1.54, 1.807) is 21.1 Å². The highest BCUT2D eigenvalue weighted by Crippen LogP contribution is 2.52. The van der Waals surface area contributed by atoms with Crippen molar-refractivity contribution in [2.24, 2.45) is 0 Å². The smallest absolute Gasteiger partial charge is 0.302 e. The summed E-state index contributed by atoms with van der Waals surface area (Å²) in [5.74, 6) is -0.859. The van der Waals surface area contributed by atoms with Crippen molar-refractivity contribution in [3.8, 4) is 17.5 Å². The normalized spacial score (nSPS) is 23.2. The van der Waals surface area contributed by atoms with Gasteiger partial charge in [-0.05, 0) is 41.0 Å². The maximum absolute atomic E-state index is 16.8. The van der Waals surface area contributed by atoms with Crippen molar-refractivity contribution in [3.05, 3.63) is 118 Å². The number of halogens is 1. The molecule has 1 fully saturated rings. The molecule has 0 saturated carbocycles. The first kappa shape index (κ1) is 26.0. The number of alkyl halides is 1. The summed E-state index contributed by atoms with van der Waals surface area (Å²) in [6.45, 7) is 1.70. The van der Waals surface area contributed by atoms with Crippen LogP contribution in [-0.2, 0) is 15.1 Å². The number of benzene rings is 3. The van der Waals surface area contributed by atoms with Crippen molar-refractivity contribution >= 4 is 0 Å². The van der Waals surface area contributed by atoms with Gasteiger partial charge in [0.2, 0.25) is 5.85 Å². The van der Waals surface area contributed by atoms with Crippen molar-refractivity contribution in [3.63, 3.8) is 0 Å². The van der Waals surface area contributed by atoms with Crippen molar-refractivity contribution in [2.75, 3.05) is 14.2 Å². The second-order valence-electron chi connectivity index (χ2n) is 9.73. The molecule has 1 saturated heterocycles. The number of nitrogens with zero attached hydrogens (tertiary/aromatic N) is 2. The van der Waals surface area contributed by atoms with Crippen LogP contribution in [0.15, 0.2) is 95.9 Å². The topological polar surface area (TPSA) is 81.0 Å². The van der Waals surface area contributed by atoms with Gasteiger partial charge in [-0.1, -0.05) is 61.5 Å². The number of rotatable bonds is 8. The van der Waals surface area contributed by atoms with Crippen LogP contribution in [0.25, 0.3) is 0 Å². The Kier molecular flexibility index (Phi) is 6.56. The molecule has 2 aliphatic rings. The highest BCUT2D eigenvalue weighted by Gasteiger charge is 2.63. The maximum atomic E-state index is 16.8. The van der Waals surface area contributed by atoms with Gasteiger partial charge in [0.05, 0.1) is 14.2 Å². The van der Waals surface area contributed by atoms with Gasteiger partial charge in [-0.3, -0.25) is 9.36 Å². The van der Waals surface area contributed by atoms with E-state index in [1.807, 2.05) is 78.9 Å². The Bertz CT molecular complexity index is 1500. The molecule has 9 heteroatoms. The van der Waals surface area contributed by atoms with Gasteiger partial charge >= 0.3 is 6.01 Å². The van der Waals surface area contributed by atoms with Gasteiger partial charge in [0.1, 0.15) is 17.1 Å². The Morgan fingerprint density at radius 3 is 2.02 bits per heavy atom. The summed E-state index contributed by atoms with van der Waals surface area (Å²) in [5, 5.41) is 0. The molecule has 0 radical (unpaired) electrons. The molecule has 0 bridgehead atoms. The SMILES string of the molecule is CC[C@@]1(F)O[C@@H]2C(Oc3nc(=O)ccn32)[C@@H]1OC(c1ccccc1)(c1ccc(OC)cc1)c1ccc(OC)cc1. The molecular weight excluding hydrogens is 515 g/mol. The van der Waals surface area contributed by atoms with E-state index in [2.05, 4.69) is 4.98 Å². The summed E-state index contributed by atoms with van der Waals surface area (Å²) in [6.07, 6.45) is -1.46. The minimum atomic E-state index is -2.20. The second-order valence-corrected chi connectivity index (χ2v) is 9.73. The lowest BCUT2D eigenvalue weighted by molar-refractivity contribution is -0.219. The van der Waals surface area contributed by atoms with Crippen molar-refractivity contribution in [1.82, 2.24) is 9.55 Å². The molecule has 1 aromatic heterocycles. The number of ether oxygens (including phenoxy) is 5. The van der Waals surface area contributed by atoms with Crippen LogP contribution < -0.4 is 19.8 Å². The lowest BCUT2D eigenvalue weighted by Crippen LogP contribution is -2.49. The molecule has 0 aliphatic carbocycles. The molecule has 0 spiro atoms. The highest BCUT2D eigenvalue weighted by molar-refractivity contribution is 5.50. The molecule has 4 aromatic rings. The van der Waals surface area contributed by atoms with Crippen LogP contribution in [0.3, 0.4) is 0 Å². The summed E-state index contributed by atoms with van der Waals surface area (Å²) in [5.41, 5.74) is 0.510. The molecular formula is C31H29FN2O6. The number of fused-ring (bicyclic) bond motifs is 3. The zero-order chi connectivity index (χ0) is 27.9. The fraction of sp³-hybridized carbons (Fsp3) is 0.290. The van der Waals surface area contributed by atoms with Crippen LogP contribution in [0, 0.1) is 0 Å². The van der Waals surface area contributed by atoms with Crippen LogP contribution >= 0.6 is 0 Å². The van der Waals surface area contributed by atoms with E-state index in [4.69, 9.17) is 23.7 Å². The summed E-state index contributed by atoms with van der Waals surface area (Å²) < 4.78 is 48.2. The molecule has 2 aliphatic heterocycles. The van der Waals surface area contributed by atoms with Crippen LogP contribution in [0.1, 0.15) is 36.3 Å². The van der Waals surface area contributed by atoms with E-state index >= 15 is 4.39 Å². The van der Waals surface area contributed by atoms with Gasteiger partial charge < -0.3 is 23.7 Å². The Hall–Kier alpha value is -4.21. The first-order chi connectivity index (χ1) is 19.4. The predicted molar refractivity (Wildman–Crippen MR) is 144 cm³/mol. The zero-order valence-corrected chi connectivity index (χ0v) is 22.3. The average Bonchev–Trinajstić information content (AvgIpc) is 3.47. The van der Waals surface area contributed by atoms with Crippen LogP contribution in [0.4, 0.5) is 4.39 Å². The van der Waals surface area contributed by atoms with Crippen molar-refractivity contribution < 1.29 is 28.1 Å². The molecule has 6 rings (SSSR count). The largest absolute Gasteiger partial charge is 0.497 e. The zero-order valence-electron chi connectivity index (χ0n) is 22.3. The standard InChI is InChI=1S/C31H29FN2O6/c1-4-30(32)27(26-28(40-30)34-19-18-25(35)33-29(34)38-26)39-31(20-8-6-5-7-9-20,21-10-14-23(36-2)15-11-21)22-12-16-24(37-3)17-13-22/h5-19,26-28H,4H2,1-3H3/t26?,27-,28+,30+/m0/s1. The molecule has 4 atom stereocenters. The molecule has 3 heterocycles. The lowest BCUT2D eigenvalue weighted by Gasteiger charge is -2.41. The minimum absolute atomic E-state index is 0.00703. The van der Waals surface area contributed by atoms with Gasteiger partial charge in [-0.15, -0.1) is 0 Å². The molecule has 0 amide bonds. The van der Waals surface area contributed by atoms with E-state index in [0.29, 0.717) is 11.5 Å². The third kappa shape index (κ3) is 4.13. The number of hydrogen-bond acceptors (Lipinski definition) is 7. The Balaban J connectivity index is 1.55. The van der Waals surface area contributed by atoms with E-state index in [1.165, 1.54) is 16.8 Å². The fourth-order valence-corrected chi connectivity index (χ4v) is 5.52. The Morgan fingerprint density at radius 2 is 1.48 bits per heavy atom. The number of aromatic nitrogens is 2. The van der Waals surface area contributed by atoms with Gasteiger partial charge in [0.25, 0.3) is 5.56 Å². The molecule has 3 aromatic carbocycles. The fourth-order valence-electron chi connectivity index (χ4n) is 5.52. The summed E-state index contributed by atoms with van der Waals surface area (Å²) in [6, 6.07) is 25.9. The second kappa shape index (κ2) is 10.1. The molecule has 40 heavy (non-hydrogen) atoms. The molecule has 206 valence electrons. The van der Waals surface area contributed by atoms with Gasteiger partial charge in [-0.25, -0.2) is 4.39 Å². The number of hydrogen-bond donors (Lipinski definition) is 0.